The minimum absolute atomic E-state index is 0.133. The van der Waals surface area contributed by atoms with Crippen LogP contribution in [0.4, 0.5) is 22.7 Å². The molecule has 0 bridgehead atoms. The fourth-order valence-electron chi connectivity index (χ4n) is 6.00. The lowest BCUT2D eigenvalue weighted by Gasteiger charge is -2.33. The van der Waals surface area contributed by atoms with E-state index in [1.165, 1.54) is 28.2 Å². The van der Waals surface area contributed by atoms with Crippen molar-refractivity contribution in [2.24, 2.45) is 17.4 Å². The first kappa shape index (κ1) is 31.6. The zero-order valence-corrected chi connectivity index (χ0v) is 26.6. The van der Waals surface area contributed by atoms with Crippen molar-refractivity contribution in [2.45, 2.75) is 45.4 Å². The van der Waals surface area contributed by atoms with Gasteiger partial charge in [0.05, 0.1) is 33.6 Å². The zero-order chi connectivity index (χ0) is 32.2. The van der Waals surface area contributed by atoms with Crippen molar-refractivity contribution < 1.29 is 14.4 Å². The molecule has 8 N–H and O–H groups in total. The summed E-state index contributed by atoms with van der Waals surface area (Å²) in [6.45, 7) is 7.12. The zero-order valence-electron chi connectivity index (χ0n) is 25.8. The monoisotopic (exact) mass is 627 g/mol. The summed E-state index contributed by atoms with van der Waals surface area (Å²) in [6.07, 6.45) is 7.58. The second-order valence-corrected chi connectivity index (χ2v) is 12.9. The molecule has 1 saturated heterocycles. The largest absolute Gasteiger partial charge is 0.397 e. The number of anilines is 4. The number of benzene rings is 2. The molecule has 2 heterocycles. The van der Waals surface area contributed by atoms with Crippen LogP contribution in [0.2, 0.25) is 0 Å². The molecule has 45 heavy (non-hydrogen) atoms. The van der Waals surface area contributed by atoms with Crippen LogP contribution in [0.25, 0.3) is 5.70 Å². The molecule has 0 spiro atoms. The number of nitrogens with one attached hydrogen (secondary N) is 2. The van der Waals surface area contributed by atoms with Crippen LogP contribution >= 0.6 is 11.3 Å². The molecule has 2 aliphatic rings. The Morgan fingerprint density at radius 2 is 1.84 bits per heavy atom. The maximum atomic E-state index is 13.2. The fraction of sp³-hybridized carbons (Fsp3) is 0.324. The van der Waals surface area contributed by atoms with Crippen molar-refractivity contribution >= 4 is 57.5 Å². The number of primary amides is 1. The molecule has 10 nitrogen and oxygen atoms in total. The van der Waals surface area contributed by atoms with Crippen LogP contribution in [0.5, 0.6) is 0 Å². The van der Waals surface area contributed by atoms with Gasteiger partial charge in [-0.05, 0) is 86.9 Å². The van der Waals surface area contributed by atoms with E-state index in [-0.39, 0.29) is 29.3 Å². The van der Waals surface area contributed by atoms with Gasteiger partial charge in [0.15, 0.2) is 0 Å². The maximum absolute atomic E-state index is 13.2. The van der Waals surface area contributed by atoms with Crippen LogP contribution < -0.4 is 32.7 Å². The third-order valence-electron chi connectivity index (χ3n) is 8.51. The molecule has 1 aliphatic heterocycles. The summed E-state index contributed by atoms with van der Waals surface area (Å²) in [6, 6.07) is 13.0. The Morgan fingerprint density at radius 1 is 1.07 bits per heavy atom. The van der Waals surface area contributed by atoms with E-state index in [4.69, 9.17) is 17.2 Å². The summed E-state index contributed by atoms with van der Waals surface area (Å²) in [7, 11) is 1.60. The van der Waals surface area contributed by atoms with Crippen LogP contribution in [-0.2, 0) is 22.4 Å². The summed E-state index contributed by atoms with van der Waals surface area (Å²) < 4.78 is 0. The van der Waals surface area contributed by atoms with E-state index in [2.05, 4.69) is 22.1 Å². The number of likely N-dealkylation sites (N-methyl/N-ethyl adjacent to an activating group) is 1. The van der Waals surface area contributed by atoms with Crippen LogP contribution in [0.15, 0.2) is 60.9 Å². The number of fused-ring (bicyclic) bond motifs is 1. The van der Waals surface area contributed by atoms with Crippen LogP contribution in [0.3, 0.4) is 0 Å². The normalized spacial score (nSPS) is 16.4. The predicted molar refractivity (Wildman–Crippen MR) is 183 cm³/mol. The van der Waals surface area contributed by atoms with Gasteiger partial charge in [-0.2, -0.15) is 0 Å². The molecule has 1 unspecified atom stereocenters. The maximum Gasteiger partial charge on any atom is 0.273 e. The first-order valence-electron chi connectivity index (χ1n) is 15.2. The van der Waals surface area contributed by atoms with E-state index >= 15 is 0 Å². The molecular weight excluding hydrogens is 586 g/mol. The van der Waals surface area contributed by atoms with Gasteiger partial charge < -0.3 is 37.6 Å². The minimum atomic E-state index is -0.385. The smallest absolute Gasteiger partial charge is 0.273 e. The topological polar surface area (TPSA) is 160 Å². The second-order valence-electron chi connectivity index (χ2n) is 11.8. The minimum Gasteiger partial charge on any atom is -0.397 e. The van der Waals surface area contributed by atoms with Gasteiger partial charge in [0.1, 0.15) is 0 Å². The number of thiophene rings is 1. The number of hydrogen-bond acceptors (Lipinski definition) is 8. The Morgan fingerprint density at radius 3 is 2.58 bits per heavy atom. The molecule has 1 atom stereocenters. The Labute approximate surface area is 267 Å². The molecule has 5 rings (SSSR count). The van der Waals surface area contributed by atoms with Crippen molar-refractivity contribution in [3.8, 4) is 0 Å². The molecule has 1 fully saturated rings. The number of aryl methyl sites for hydroxylation is 2. The van der Waals surface area contributed by atoms with Crippen molar-refractivity contribution in [3.63, 3.8) is 0 Å². The van der Waals surface area contributed by atoms with E-state index in [1.54, 1.807) is 30.7 Å². The highest BCUT2D eigenvalue weighted by Crippen LogP contribution is 2.32. The van der Waals surface area contributed by atoms with E-state index in [1.807, 2.05) is 43.3 Å². The van der Waals surface area contributed by atoms with Gasteiger partial charge >= 0.3 is 0 Å². The number of carbonyl (C=O) groups is 3. The highest BCUT2D eigenvalue weighted by molar-refractivity contribution is 7.14. The van der Waals surface area contributed by atoms with Gasteiger partial charge in [0, 0.05) is 48.2 Å². The molecule has 1 aliphatic carbocycles. The summed E-state index contributed by atoms with van der Waals surface area (Å²) >= 11 is 1.57. The predicted octanol–water partition coefficient (Wildman–Crippen LogP) is 4.81. The number of carbonyl (C=O) groups excluding carboxylic acids is 3. The lowest BCUT2D eigenvalue weighted by molar-refractivity contribution is -0.123. The molecule has 11 heteroatoms. The van der Waals surface area contributed by atoms with Gasteiger partial charge in [-0.1, -0.05) is 18.7 Å². The molecule has 0 saturated carbocycles. The number of nitrogens with zero attached hydrogens (tertiary/aromatic N) is 2. The SMILES string of the molecule is C=C(Nc1ccc(N2CCCC(C(N)=O)C2)c(N)c1)C(=O)N(C)/C=C(\N)c1cccc(NC(=O)c2cc3c(s2)CCCC3)c1C. The lowest BCUT2D eigenvalue weighted by Crippen LogP contribution is -2.41. The number of hydrogen-bond donors (Lipinski definition) is 5. The highest BCUT2D eigenvalue weighted by atomic mass is 32.1. The van der Waals surface area contributed by atoms with Gasteiger partial charge in [-0.15, -0.1) is 11.3 Å². The fourth-order valence-corrected chi connectivity index (χ4v) is 7.14. The molecule has 2 aromatic carbocycles. The quantitative estimate of drug-likeness (QED) is 0.168. The summed E-state index contributed by atoms with van der Waals surface area (Å²) in [5, 5.41) is 6.07. The van der Waals surface area contributed by atoms with Gasteiger partial charge in [-0.25, -0.2) is 0 Å². The number of amides is 3. The van der Waals surface area contributed by atoms with Gasteiger partial charge in [0.25, 0.3) is 11.8 Å². The molecule has 3 amide bonds. The van der Waals surface area contributed by atoms with Crippen molar-refractivity contribution in [3.05, 3.63) is 87.4 Å². The standard InChI is InChI=1S/C34H41N7O3S/c1-20-25(10-6-11-28(20)39-33(43)31-16-22-8-4-5-12-30(22)45-31)27(36)19-40(3)34(44)21(2)38-24-13-14-29(26(35)17-24)41-15-7-9-23(18-41)32(37)42/h6,10-11,13-14,16-17,19,23,38H,2,4-5,7-9,12,15,18,35-36H2,1,3H3,(H2,37,42)(H,39,43)/b27-19-. The van der Waals surface area contributed by atoms with Crippen LogP contribution in [0, 0.1) is 12.8 Å². The highest BCUT2D eigenvalue weighted by Gasteiger charge is 2.25. The molecule has 236 valence electrons. The number of nitrogens with two attached hydrogens (primary N) is 3. The molecule has 1 aromatic heterocycles. The first-order valence-corrected chi connectivity index (χ1v) is 16.0. The molecule has 3 aromatic rings. The Kier molecular flexibility index (Phi) is 9.48. The molecule has 0 radical (unpaired) electrons. The number of rotatable bonds is 9. The van der Waals surface area contributed by atoms with Crippen molar-refractivity contribution in [1.29, 1.82) is 0 Å². The Bertz CT molecular complexity index is 1650. The van der Waals surface area contributed by atoms with E-state index in [9.17, 15) is 14.4 Å². The van der Waals surface area contributed by atoms with Gasteiger partial charge in [0.2, 0.25) is 5.91 Å². The summed E-state index contributed by atoms with van der Waals surface area (Å²) in [5.74, 6) is -1.02. The number of piperidine rings is 1. The van der Waals surface area contributed by atoms with E-state index < -0.39 is 0 Å². The van der Waals surface area contributed by atoms with Crippen molar-refractivity contribution in [1.82, 2.24) is 4.90 Å². The summed E-state index contributed by atoms with van der Waals surface area (Å²) in [4.78, 5) is 43.4. The second kappa shape index (κ2) is 13.5. The van der Waals surface area contributed by atoms with E-state index in [0.717, 1.165) is 43.5 Å². The Balaban J connectivity index is 1.22. The van der Waals surface area contributed by atoms with Gasteiger partial charge in [-0.3, -0.25) is 14.4 Å². The van der Waals surface area contributed by atoms with Crippen molar-refractivity contribution in [2.75, 3.05) is 41.4 Å². The third kappa shape index (κ3) is 7.15. The average Bonchev–Trinajstić information content (AvgIpc) is 3.46. The first-order chi connectivity index (χ1) is 21.5. The van der Waals surface area contributed by atoms with E-state index in [0.29, 0.717) is 39.7 Å². The van der Waals surface area contributed by atoms with Crippen LogP contribution in [0.1, 0.15) is 56.9 Å². The lowest BCUT2D eigenvalue weighted by atomic mass is 9.97. The third-order valence-corrected chi connectivity index (χ3v) is 9.75. The Hall–Kier alpha value is -4.77. The average molecular weight is 628 g/mol. The number of nitrogen functional groups attached to an aromatic ring is 1. The summed E-state index contributed by atoms with van der Waals surface area (Å²) in [5.41, 5.74) is 24.2. The molecular formula is C34H41N7O3S. The van der Waals surface area contributed by atoms with Crippen LogP contribution in [-0.4, -0.2) is 42.8 Å².